The van der Waals surface area contributed by atoms with E-state index >= 15 is 0 Å². The lowest BCUT2D eigenvalue weighted by molar-refractivity contribution is 0.101. The van der Waals surface area contributed by atoms with E-state index in [4.69, 9.17) is 4.74 Å². The van der Waals surface area contributed by atoms with Gasteiger partial charge >= 0.3 is 0 Å². The van der Waals surface area contributed by atoms with Gasteiger partial charge in [-0.3, -0.25) is 9.69 Å². The highest BCUT2D eigenvalue weighted by atomic mass is 35.5. The predicted octanol–water partition coefficient (Wildman–Crippen LogP) is 3.94. The summed E-state index contributed by atoms with van der Waals surface area (Å²) < 4.78 is 5.77. The highest BCUT2D eigenvalue weighted by molar-refractivity contribution is 5.94. The van der Waals surface area contributed by atoms with Crippen LogP contribution in [0.15, 0.2) is 18.2 Å². The average molecular weight is 300 g/mol. The van der Waals surface area contributed by atoms with Crippen molar-refractivity contribution in [3.8, 4) is 5.75 Å². The number of nitrogens with zero attached hydrogens (tertiary/aromatic N) is 1. The zero-order chi connectivity index (χ0) is 14.3. The van der Waals surface area contributed by atoms with Crippen LogP contribution in [-0.2, 0) is 6.54 Å². The number of benzene rings is 1. The van der Waals surface area contributed by atoms with Crippen molar-refractivity contribution < 1.29 is 9.53 Å². The lowest BCUT2D eigenvalue weighted by Gasteiger charge is -2.20. The number of rotatable bonds is 8. The van der Waals surface area contributed by atoms with Gasteiger partial charge in [-0.1, -0.05) is 20.8 Å². The third-order valence-corrected chi connectivity index (χ3v) is 3.22. The first-order chi connectivity index (χ1) is 9.12. The molecule has 1 aromatic carbocycles. The van der Waals surface area contributed by atoms with Gasteiger partial charge in [-0.05, 0) is 44.6 Å². The first kappa shape index (κ1) is 18.9. The van der Waals surface area contributed by atoms with E-state index < -0.39 is 0 Å². The van der Waals surface area contributed by atoms with Gasteiger partial charge in [0, 0.05) is 17.7 Å². The van der Waals surface area contributed by atoms with Crippen LogP contribution in [0.2, 0.25) is 0 Å². The van der Waals surface area contributed by atoms with Crippen LogP contribution in [0.4, 0.5) is 0 Å². The van der Waals surface area contributed by atoms with Gasteiger partial charge in [0.25, 0.3) is 0 Å². The minimum Gasteiger partial charge on any atom is -0.493 e. The molecule has 1 rings (SSSR count). The number of halogens is 1. The topological polar surface area (TPSA) is 29.5 Å². The highest BCUT2D eigenvalue weighted by Gasteiger charge is 2.10. The zero-order valence-electron chi connectivity index (χ0n) is 12.9. The van der Waals surface area contributed by atoms with Crippen molar-refractivity contribution in [1.29, 1.82) is 0 Å². The van der Waals surface area contributed by atoms with Gasteiger partial charge < -0.3 is 4.74 Å². The molecule has 1 aromatic rings. The number of Topliss-reactive ketones (excluding diaryl/α,β-unsaturated/α-hetero) is 1. The van der Waals surface area contributed by atoms with Gasteiger partial charge in [0.1, 0.15) is 5.75 Å². The van der Waals surface area contributed by atoms with Crippen LogP contribution in [0.5, 0.6) is 5.75 Å². The Morgan fingerprint density at radius 2 is 1.85 bits per heavy atom. The molecule has 0 saturated carbocycles. The lowest BCUT2D eigenvalue weighted by Crippen LogP contribution is -2.22. The van der Waals surface area contributed by atoms with Crippen molar-refractivity contribution in [2.24, 2.45) is 0 Å². The summed E-state index contributed by atoms with van der Waals surface area (Å²) in [5, 5.41) is 0. The van der Waals surface area contributed by atoms with Crippen LogP contribution in [0.3, 0.4) is 0 Å². The van der Waals surface area contributed by atoms with E-state index in [9.17, 15) is 4.79 Å². The third kappa shape index (κ3) is 5.51. The molecule has 0 heterocycles. The van der Waals surface area contributed by atoms with Gasteiger partial charge in [-0.15, -0.1) is 12.4 Å². The maximum absolute atomic E-state index is 11.5. The Hall–Kier alpha value is -1.06. The molecule has 0 radical (unpaired) electrons. The van der Waals surface area contributed by atoms with Crippen molar-refractivity contribution >= 4 is 18.2 Å². The minimum atomic E-state index is 0. The summed E-state index contributed by atoms with van der Waals surface area (Å²) in [6, 6.07) is 5.73. The van der Waals surface area contributed by atoms with E-state index in [0.29, 0.717) is 6.61 Å². The molecule has 0 aliphatic carbocycles. The zero-order valence-corrected chi connectivity index (χ0v) is 13.8. The second-order valence-electron chi connectivity index (χ2n) is 4.69. The Balaban J connectivity index is 0.00000361. The van der Waals surface area contributed by atoms with Crippen molar-refractivity contribution in [1.82, 2.24) is 4.90 Å². The van der Waals surface area contributed by atoms with Crippen LogP contribution in [0.1, 0.15) is 50.0 Å². The van der Waals surface area contributed by atoms with Gasteiger partial charge in [0.2, 0.25) is 0 Å². The van der Waals surface area contributed by atoms with E-state index in [0.717, 1.165) is 42.9 Å². The summed E-state index contributed by atoms with van der Waals surface area (Å²) >= 11 is 0. The van der Waals surface area contributed by atoms with Crippen LogP contribution in [0, 0.1) is 0 Å². The summed E-state index contributed by atoms with van der Waals surface area (Å²) in [7, 11) is 0. The van der Waals surface area contributed by atoms with E-state index in [1.165, 1.54) is 0 Å². The average Bonchev–Trinajstić information content (AvgIpc) is 2.42. The molecule has 0 amide bonds. The standard InChI is InChI=1S/C16H25NO2.ClH/c1-5-10-19-16-9-8-14(13(4)18)11-15(16)12-17(6-2)7-3;/h8-9,11H,5-7,10,12H2,1-4H3;1H. The first-order valence-electron chi connectivity index (χ1n) is 7.11. The van der Waals surface area contributed by atoms with E-state index in [1.54, 1.807) is 6.92 Å². The summed E-state index contributed by atoms with van der Waals surface area (Å²) in [4.78, 5) is 13.8. The van der Waals surface area contributed by atoms with Crippen molar-refractivity contribution in [3.05, 3.63) is 29.3 Å². The molecular formula is C16H26ClNO2. The highest BCUT2D eigenvalue weighted by Crippen LogP contribution is 2.22. The third-order valence-electron chi connectivity index (χ3n) is 3.22. The summed E-state index contributed by atoms with van der Waals surface area (Å²) in [5.74, 6) is 1.00. The Morgan fingerprint density at radius 3 is 2.35 bits per heavy atom. The first-order valence-corrected chi connectivity index (χ1v) is 7.11. The molecule has 0 N–H and O–H groups in total. The second-order valence-corrected chi connectivity index (χ2v) is 4.69. The Morgan fingerprint density at radius 1 is 1.20 bits per heavy atom. The molecule has 0 saturated heterocycles. The quantitative estimate of drug-likeness (QED) is 0.681. The number of ketones is 1. The maximum Gasteiger partial charge on any atom is 0.159 e. The molecule has 0 aliphatic heterocycles. The molecule has 0 fully saturated rings. The fourth-order valence-electron chi connectivity index (χ4n) is 1.96. The van der Waals surface area contributed by atoms with E-state index in [2.05, 4.69) is 25.7 Å². The molecule has 0 atom stereocenters. The fraction of sp³-hybridized carbons (Fsp3) is 0.562. The van der Waals surface area contributed by atoms with E-state index in [-0.39, 0.29) is 18.2 Å². The minimum absolute atomic E-state index is 0. The molecule has 0 bridgehead atoms. The number of hydrogen-bond donors (Lipinski definition) is 0. The smallest absolute Gasteiger partial charge is 0.159 e. The van der Waals surface area contributed by atoms with Gasteiger partial charge in [-0.25, -0.2) is 0 Å². The maximum atomic E-state index is 11.5. The Kier molecular flexibility index (Phi) is 9.26. The molecule has 0 aliphatic rings. The lowest BCUT2D eigenvalue weighted by atomic mass is 10.1. The number of hydrogen-bond acceptors (Lipinski definition) is 3. The number of carbonyl (C=O) groups excluding carboxylic acids is 1. The van der Waals surface area contributed by atoms with Crippen molar-refractivity contribution in [3.63, 3.8) is 0 Å². The Bertz CT molecular complexity index is 417. The predicted molar refractivity (Wildman–Crippen MR) is 86.1 cm³/mol. The monoisotopic (exact) mass is 299 g/mol. The molecule has 0 aromatic heterocycles. The molecule has 0 spiro atoms. The fourth-order valence-corrected chi connectivity index (χ4v) is 1.96. The second kappa shape index (κ2) is 9.78. The van der Waals surface area contributed by atoms with Crippen molar-refractivity contribution in [2.75, 3.05) is 19.7 Å². The Labute approximate surface area is 128 Å². The number of carbonyl (C=O) groups is 1. The van der Waals surface area contributed by atoms with E-state index in [1.807, 2.05) is 18.2 Å². The summed E-state index contributed by atoms with van der Waals surface area (Å²) in [6.45, 7) is 11.5. The molecule has 4 heteroatoms. The van der Waals surface area contributed by atoms with Crippen LogP contribution in [0.25, 0.3) is 0 Å². The van der Waals surface area contributed by atoms with Crippen molar-refractivity contribution in [2.45, 2.75) is 40.7 Å². The largest absolute Gasteiger partial charge is 0.493 e. The molecule has 0 unspecified atom stereocenters. The van der Waals surface area contributed by atoms with Gasteiger partial charge in [0.05, 0.1) is 6.61 Å². The van der Waals surface area contributed by atoms with Gasteiger partial charge in [-0.2, -0.15) is 0 Å². The SMILES string of the molecule is CCCOc1ccc(C(C)=O)cc1CN(CC)CC.Cl. The van der Waals surface area contributed by atoms with Crippen LogP contribution >= 0.6 is 12.4 Å². The summed E-state index contributed by atoms with van der Waals surface area (Å²) in [6.07, 6.45) is 0.985. The summed E-state index contributed by atoms with van der Waals surface area (Å²) in [5.41, 5.74) is 1.86. The molecule has 114 valence electrons. The van der Waals surface area contributed by atoms with Crippen LogP contribution < -0.4 is 4.74 Å². The molecular weight excluding hydrogens is 274 g/mol. The molecule has 3 nitrogen and oxygen atoms in total. The van der Waals surface area contributed by atoms with Crippen LogP contribution in [-0.4, -0.2) is 30.4 Å². The van der Waals surface area contributed by atoms with Gasteiger partial charge in [0.15, 0.2) is 5.78 Å². The normalized spacial score (nSPS) is 10.2. The molecule has 20 heavy (non-hydrogen) atoms. The number of ether oxygens (including phenoxy) is 1.